The molecule has 0 bridgehead atoms. The Hall–Kier alpha value is -3.00. The van der Waals surface area contributed by atoms with Crippen LogP contribution in [0.5, 0.6) is 0 Å². The van der Waals surface area contributed by atoms with Gasteiger partial charge >= 0.3 is 5.97 Å². The number of carbonyl (C=O) groups is 2. The van der Waals surface area contributed by atoms with Crippen LogP contribution < -0.4 is 0 Å². The molecule has 4 atom stereocenters. The topological polar surface area (TPSA) is 74.6 Å². The number of rotatable bonds is 5. The number of carbonyl (C=O) groups excluding carboxylic acids is 2. The Morgan fingerprint density at radius 3 is 2.85 bits per heavy atom. The standard InChI is InChI=1S/C25H26ClFN4O3/c1-4-34-25(33)21-20-11-16(30(3)13(2)32)12-31(20)24(23-18-9-14(18)7-8-28-23)29-22(21)17-6-5-15(27)10-19(17)26/h5-8,10,14,16,18,22H,4,9,11-12H2,1-3H3/t14?,16-,18?,22-/m0/s1. The number of aliphatic imine (C=N–C) groups is 2. The van der Waals surface area contributed by atoms with Gasteiger partial charge in [0, 0.05) is 55.3 Å². The summed E-state index contributed by atoms with van der Waals surface area (Å²) in [4.78, 5) is 38.8. The molecule has 3 heterocycles. The van der Waals surface area contributed by atoms with Crippen LogP contribution in [-0.4, -0.2) is 59.5 Å². The monoisotopic (exact) mass is 484 g/mol. The summed E-state index contributed by atoms with van der Waals surface area (Å²) in [6.45, 7) is 3.97. The van der Waals surface area contributed by atoms with Crippen molar-refractivity contribution in [2.45, 2.75) is 38.8 Å². The van der Waals surface area contributed by atoms with E-state index in [9.17, 15) is 14.0 Å². The first-order chi connectivity index (χ1) is 16.3. The second kappa shape index (κ2) is 8.65. The third kappa shape index (κ3) is 3.83. The van der Waals surface area contributed by atoms with Crippen LogP contribution in [-0.2, 0) is 14.3 Å². The van der Waals surface area contributed by atoms with Gasteiger partial charge in [0.15, 0.2) is 5.84 Å². The number of ether oxygens (including phenoxy) is 1. The highest BCUT2D eigenvalue weighted by Gasteiger charge is 2.49. The van der Waals surface area contributed by atoms with E-state index >= 15 is 0 Å². The Morgan fingerprint density at radius 1 is 1.35 bits per heavy atom. The lowest BCUT2D eigenvalue weighted by atomic mass is 9.93. The number of amides is 1. The van der Waals surface area contributed by atoms with Crippen molar-refractivity contribution in [2.24, 2.45) is 21.8 Å². The van der Waals surface area contributed by atoms with E-state index in [0.717, 1.165) is 17.8 Å². The third-order valence-corrected chi connectivity index (χ3v) is 7.33. The Labute approximate surface area is 202 Å². The summed E-state index contributed by atoms with van der Waals surface area (Å²) in [5.74, 6) is 0.400. The molecule has 0 spiro atoms. The van der Waals surface area contributed by atoms with Gasteiger partial charge in [-0.15, -0.1) is 0 Å². The fourth-order valence-electron chi connectivity index (χ4n) is 5.01. The second-order valence-electron chi connectivity index (χ2n) is 9.06. The molecule has 1 aromatic rings. The van der Waals surface area contributed by atoms with Gasteiger partial charge in [-0.05, 0) is 31.4 Å². The average molecular weight is 485 g/mol. The van der Waals surface area contributed by atoms with Crippen LogP contribution in [0.1, 0.15) is 38.3 Å². The van der Waals surface area contributed by atoms with Crippen molar-refractivity contribution in [3.63, 3.8) is 0 Å². The van der Waals surface area contributed by atoms with E-state index in [4.69, 9.17) is 21.3 Å². The molecular weight excluding hydrogens is 459 g/mol. The van der Waals surface area contributed by atoms with E-state index in [2.05, 4.69) is 11.1 Å². The normalized spacial score (nSPS) is 27.0. The number of benzene rings is 1. The highest BCUT2D eigenvalue weighted by Crippen LogP contribution is 2.47. The summed E-state index contributed by atoms with van der Waals surface area (Å²) in [5.41, 5.74) is 2.53. The molecule has 7 nitrogen and oxygen atoms in total. The fourth-order valence-corrected chi connectivity index (χ4v) is 5.28. The molecule has 4 aliphatic rings. The molecule has 0 N–H and O–H groups in total. The molecule has 0 aromatic heterocycles. The maximum atomic E-state index is 13.8. The Balaban J connectivity index is 1.68. The smallest absolute Gasteiger partial charge is 0.338 e. The SMILES string of the molecule is CCOC(=O)C1=C2C[C@H](N(C)C(C)=O)CN2C(C2=NC=CC3CC23)=N[C@H]1c1ccc(F)cc1Cl. The van der Waals surface area contributed by atoms with Crippen molar-refractivity contribution in [1.82, 2.24) is 9.80 Å². The number of fused-ring (bicyclic) bond motifs is 2. The van der Waals surface area contributed by atoms with Crippen LogP contribution in [0.15, 0.2) is 51.7 Å². The lowest BCUT2D eigenvalue weighted by molar-refractivity contribution is -0.139. The minimum absolute atomic E-state index is 0.0556. The van der Waals surface area contributed by atoms with Gasteiger partial charge in [0.25, 0.3) is 0 Å². The van der Waals surface area contributed by atoms with E-state index in [1.807, 2.05) is 11.1 Å². The Morgan fingerprint density at radius 2 is 2.15 bits per heavy atom. The summed E-state index contributed by atoms with van der Waals surface area (Å²) in [6, 6.07) is 3.20. The number of hydrogen-bond donors (Lipinski definition) is 0. The maximum absolute atomic E-state index is 13.8. The van der Waals surface area contributed by atoms with Gasteiger partial charge < -0.3 is 14.5 Å². The third-order valence-electron chi connectivity index (χ3n) is 7.00. The van der Waals surface area contributed by atoms with Crippen LogP contribution in [0, 0.1) is 17.7 Å². The molecule has 5 rings (SSSR count). The largest absolute Gasteiger partial charge is 0.463 e. The summed E-state index contributed by atoms with van der Waals surface area (Å²) in [5, 5.41) is 0.189. The molecular formula is C25H26ClFN4O3. The highest BCUT2D eigenvalue weighted by atomic mass is 35.5. The zero-order valence-electron chi connectivity index (χ0n) is 19.3. The first-order valence-electron chi connectivity index (χ1n) is 11.5. The molecule has 0 radical (unpaired) electrons. The highest BCUT2D eigenvalue weighted by molar-refractivity contribution is 6.44. The zero-order valence-corrected chi connectivity index (χ0v) is 20.1. The van der Waals surface area contributed by atoms with E-state index in [1.165, 1.54) is 19.1 Å². The summed E-state index contributed by atoms with van der Waals surface area (Å²) in [7, 11) is 1.76. The van der Waals surface area contributed by atoms with Crippen LogP contribution in [0.4, 0.5) is 4.39 Å². The zero-order chi connectivity index (χ0) is 24.1. The number of hydrogen-bond acceptors (Lipinski definition) is 6. The summed E-state index contributed by atoms with van der Waals surface area (Å²) < 4.78 is 19.3. The van der Waals surface area contributed by atoms with E-state index in [1.54, 1.807) is 24.9 Å². The van der Waals surface area contributed by atoms with Crippen molar-refractivity contribution >= 4 is 35.0 Å². The van der Waals surface area contributed by atoms with Gasteiger partial charge in [-0.2, -0.15) is 0 Å². The fraction of sp³-hybridized carbons (Fsp3) is 0.440. The van der Waals surface area contributed by atoms with Crippen LogP contribution in [0.25, 0.3) is 0 Å². The van der Waals surface area contributed by atoms with Crippen LogP contribution in [0.2, 0.25) is 5.02 Å². The van der Waals surface area contributed by atoms with E-state index in [-0.39, 0.29) is 29.5 Å². The molecule has 3 aliphatic heterocycles. The van der Waals surface area contributed by atoms with Crippen molar-refractivity contribution in [3.8, 4) is 0 Å². The minimum Gasteiger partial charge on any atom is -0.463 e. The van der Waals surface area contributed by atoms with Gasteiger partial charge in [-0.25, -0.2) is 9.18 Å². The molecule has 1 saturated heterocycles. The molecule has 178 valence electrons. The Kier molecular flexibility index (Phi) is 5.80. The number of allylic oxidation sites excluding steroid dienone is 1. The van der Waals surface area contributed by atoms with Crippen LogP contribution >= 0.6 is 11.6 Å². The van der Waals surface area contributed by atoms with Crippen molar-refractivity contribution in [2.75, 3.05) is 20.2 Å². The molecule has 1 saturated carbocycles. The van der Waals surface area contributed by atoms with E-state index < -0.39 is 17.8 Å². The number of esters is 1. The van der Waals surface area contributed by atoms with Crippen molar-refractivity contribution in [1.29, 1.82) is 0 Å². The molecule has 1 amide bonds. The number of halogens is 2. The van der Waals surface area contributed by atoms with Gasteiger partial charge in [-0.1, -0.05) is 23.7 Å². The summed E-state index contributed by atoms with van der Waals surface area (Å²) >= 11 is 6.45. The van der Waals surface area contributed by atoms with Crippen LogP contribution in [0.3, 0.4) is 0 Å². The maximum Gasteiger partial charge on any atom is 0.338 e. The van der Waals surface area contributed by atoms with Gasteiger partial charge in [0.2, 0.25) is 5.91 Å². The van der Waals surface area contributed by atoms with Gasteiger partial charge in [0.05, 0.1) is 23.9 Å². The van der Waals surface area contributed by atoms with E-state index in [0.29, 0.717) is 35.9 Å². The minimum atomic E-state index is -0.763. The Bertz CT molecular complexity index is 1190. The molecule has 2 fully saturated rings. The molecule has 1 aromatic carbocycles. The predicted octanol–water partition coefficient (Wildman–Crippen LogP) is 3.91. The molecule has 2 unspecified atom stereocenters. The first-order valence-corrected chi connectivity index (χ1v) is 11.9. The average Bonchev–Trinajstić information content (AvgIpc) is 3.47. The summed E-state index contributed by atoms with van der Waals surface area (Å²) in [6.07, 6.45) is 5.38. The number of likely N-dealkylation sites (N-methyl/N-ethyl adjacent to an activating group) is 1. The molecule has 1 aliphatic carbocycles. The van der Waals surface area contributed by atoms with Crippen molar-refractivity contribution < 1.29 is 18.7 Å². The second-order valence-corrected chi connectivity index (χ2v) is 9.47. The number of nitrogens with zero attached hydrogens (tertiary/aromatic N) is 4. The van der Waals surface area contributed by atoms with Crippen molar-refractivity contribution in [3.05, 3.63) is 58.1 Å². The molecule has 9 heteroatoms. The predicted molar refractivity (Wildman–Crippen MR) is 127 cm³/mol. The quantitative estimate of drug-likeness (QED) is 0.594. The lowest BCUT2D eigenvalue weighted by Gasteiger charge is -2.33. The van der Waals surface area contributed by atoms with Gasteiger partial charge in [0.1, 0.15) is 11.9 Å². The number of amidine groups is 1. The lowest BCUT2D eigenvalue weighted by Crippen LogP contribution is -2.43. The first kappa shape index (κ1) is 22.8. The van der Waals surface area contributed by atoms with Gasteiger partial charge in [-0.3, -0.25) is 14.8 Å². The molecule has 34 heavy (non-hydrogen) atoms.